The van der Waals surface area contributed by atoms with Crippen molar-refractivity contribution in [1.82, 2.24) is 9.78 Å². The monoisotopic (exact) mass is 287 g/mol. The number of carbonyl (C=O) groups excluding carboxylic acids is 1. The van der Waals surface area contributed by atoms with E-state index in [4.69, 9.17) is 0 Å². The normalized spacial score (nSPS) is 10.8. The molecule has 1 N–H and O–H groups in total. The second-order valence-corrected chi connectivity index (χ2v) is 4.62. The SMILES string of the molecule is Cn1ncc2cc(C(=O)Nc3ccc(F)c(F)c3)ccc21. The molecule has 0 aliphatic heterocycles. The minimum Gasteiger partial charge on any atom is -0.322 e. The Morgan fingerprint density at radius 1 is 1.14 bits per heavy atom. The molecule has 0 aliphatic carbocycles. The molecule has 0 spiro atoms. The van der Waals surface area contributed by atoms with Crippen LogP contribution in [0.15, 0.2) is 42.6 Å². The van der Waals surface area contributed by atoms with Crippen molar-refractivity contribution in [2.75, 3.05) is 5.32 Å². The van der Waals surface area contributed by atoms with Gasteiger partial charge >= 0.3 is 0 Å². The van der Waals surface area contributed by atoms with Gasteiger partial charge in [0.25, 0.3) is 5.91 Å². The van der Waals surface area contributed by atoms with Gasteiger partial charge in [0, 0.05) is 29.8 Å². The zero-order chi connectivity index (χ0) is 15.0. The van der Waals surface area contributed by atoms with E-state index in [1.807, 2.05) is 7.05 Å². The molecule has 3 rings (SSSR count). The van der Waals surface area contributed by atoms with Crippen LogP contribution in [0, 0.1) is 11.6 Å². The number of fused-ring (bicyclic) bond motifs is 1. The van der Waals surface area contributed by atoms with E-state index in [1.165, 1.54) is 6.07 Å². The van der Waals surface area contributed by atoms with E-state index in [-0.39, 0.29) is 5.69 Å². The van der Waals surface area contributed by atoms with Crippen molar-refractivity contribution >= 4 is 22.5 Å². The van der Waals surface area contributed by atoms with E-state index in [0.29, 0.717) is 5.56 Å². The third kappa shape index (κ3) is 2.47. The number of rotatable bonds is 2. The Balaban J connectivity index is 1.87. The van der Waals surface area contributed by atoms with Crippen LogP contribution in [0.1, 0.15) is 10.4 Å². The van der Waals surface area contributed by atoms with Crippen molar-refractivity contribution in [2.45, 2.75) is 0 Å². The fourth-order valence-corrected chi connectivity index (χ4v) is 2.08. The predicted molar refractivity (Wildman–Crippen MR) is 75.0 cm³/mol. The van der Waals surface area contributed by atoms with E-state index in [2.05, 4.69) is 10.4 Å². The molecule has 0 saturated carbocycles. The Bertz CT molecular complexity index is 842. The second kappa shape index (κ2) is 4.97. The average molecular weight is 287 g/mol. The van der Waals surface area contributed by atoms with Gasteiger partial charge in [-0.1, -0.05) is 0 Å². The molecule has 0 atom stereocenters. The van der Waals surface area contributed by atoms with Crippen molar-refractivity contribution in [2.24, 2.45) is 7.05 Å². The number of anilines is 1. The molecule has 0 unspecified atom stereocenters. The number of nitrogens with zero attached hydrogens (tertiary/aromatic N) is 2. The van der Waals surface area contributed by atoms with Crippen LogP contribution in [0.2, 0.25) is 0 Å². The van der Waals surface area contributed by atoms with Crippen LogP contribution < -0.4 is 5.32 Å². The van der Waals surface area contributed by atoms with Crippen molar-refractivity contribution < 1.29 is 13.6 Å². The maximum Gasteiger partial charge on any atom is 0.255 e. The number of hydrogen-bond acceptors (Lipinski definition) is 2. The van der Waals surface area contributed by atoms with Crippen molar-refractivity contribution in [3.8, 4) is 0 Å². The predicted octanol–water partition coefficient (Wildman–Crippen LogP) is 3.10. The van der Waals surface area contributed by atoms with Crippen LogP contribution in [-0.2, 0) is 7.05 Å². The summed E-state index contributed by atoms with van der Waals surface area (Å²) in [5.74, 6) is -2.35. The van der Waals surface area contributed by atoms with Gasteiger partial charge < -0.3 is 5.32 Å². The molecule has 0 aliphatic rings. The lowest BCUT2D eigenvalue weighted by Crippen LogP contribution is -2.12. The largest absolute Gasteiger partial charge is 0.322 e. The van der Waals surface area contributed by atoms with Gasteiger partial charge in [-0.05, 0) is 30.3 Å². The summed E-state index contributed by atoms with van der Waals surface area (Å²) in [6, 6.07) is 8.34. The molecule has 21 heavy (non-hydrogen) atoms. The number of amides is 1. The highest BCUT2D eigenvalue weighted by atomic mass is 19.2. The van der Waals surface area contributed by atoms with Gasteiger partial charge in [0.2, 0.25) is 0 Å². The molecule has 2 aromatic carbocycles. The number of nitrogens with one attached hydrogen (secondary N) is 1. The third-order valence-corrected chi connectivity index (χ3v) is 3.19. The average Bonchev–Trinajstić information content (AvgIpc) is 2.84. The van der Waals surface area contributed by atoms with E-state index in [0.717, 1.165) is 23.0 Å². The summed E-state index contributed by atoms with van der Waals surface area (Å²) < 4.78 is 27.6. The van der Waals surface area contributed by atoms with Gasteiger partial charge in [-0.2, -0.15) is 5.10 Å². The number of aryl methyl sites for hydroxylation is 1. The highest BCUT2D eigenvalue weighted by molar-refractivity contribution is 6.06. The van der Waals surface area contributed by atoms with E-state index < -0.39 is 17.5 Å². The molecule has 4 nitrogen and oxygen atoms in total. The summed E-state index contributed by atoms with van der Waals surface area (Å²) in [5.41, 5.74) is 1.52. The first-order valence-electron chi connectivity index (χ1n) is 6.23. The molecule has 1 amide bonds. The molecule has 6 heteroatoms. The molecule has 0 radical (unpaired) electrons. The van der Waals surface area contributed by atoms with Crippen molar-refractivity contribution in [1.29, 1.82) is 0 Å². The highest BCUT2D eigenvalue weighted by Gasteiger charge is 2.10. The summed E-state index contributed by atoms with van der Waals surface area (Å²) in [4.78, 5) is 12.1. The van der Waals surface area contributed by atoms with Gasteiger partial charge in [0.1, 0.15) is 0 Å². The van der Waals surface area contributed by atoms with Crippen LogP contribution in [0.4, 0.5) is 14.5 Å². The maximum absolute atomic E-state index is 13.1. The lowest BCUT2D eigenvalue weighted by molar-refractivity contribution is 0.102. The second-order valence-electron chi connectivity index (χ2n) is 4.62. The molecule has 106 valence electrons. The minimum absolute atomic E-state index is 0.199. The number of aromatic nitrogens is 2. The Morgan fingerprint density at radius 2 is 1.95 bits per heavy atom. The zero-order valence-electron chi connectivity index (χ0n) is 11.1. The summed E-state index contributed by atoms with van der Waals surface area (Å²) in [5, 5.41) is 7.45. The summed E-state index contributed by atoms with van der Waals surface area (Å²) in [6.45, 7) is 0. The quantitative estimate of drug-likeness (QED) is 0.787. The van der Waals surface area contributed by atoms with Crippen LogP contribution in [0.25, 0.3) is 10.9 Å². The summed E-state index contributed by atoms with van der Waals surface area (Å²) >= 11 is 0. The first-order chi connectivity index (χ1) is 10.0. The van der Waals surface area contributed by atoms with E-state index in [9.17, 15) is 13.6 Å². The van der Waals surface area contributed by atoms with Crippen molar-refractivity contribution in [3.05, 3.63) is 59.8 Å². The van der Waals surface area contributed by atoms with Gasteiger partial charge in [0.15, 0.2) is 11.6 Å². The molecule has 0 saturated heterocycles. The van der Waals surface area contributed by atoms with Crippen molar-refractivity contribution in [3.63, 3.8) is 0 Å². The number of hydrogen-bond donors (Lipinski definition) is 1. The molecule has 1 aromatic heterocycles. The van der Waals surface area contributed by atoms with Crippen LogP contribution >= 0.6 is 0 Å². The van der Waals surface area contributed by atoms with Crippen LogP contribution in [-0.4, -0.2) is 15.7 Å². The molecule has 0 bridgehead atoms. The maximum atomic E-state index is 13.1. The standard InChI is InChI=1S/C15H11F2N3O/c1-20-14-5-2-9(6-10(14)8-18-20)15(21)19-11-3-4-12(16)13(17)7-11/h2-8H,1H3,(H,19,21). The summed E-state index contributed by atoms with van der Waals surface area (Å²) in [7, 11) is 1.81. The Morgan fingerprint density at radius 3 is 2.71 bits per heavy atom. The lowest BCUT2D eigenvalue weighted by Gasteiger charge is -2.06. The van der Waals surface area contributed by atoms with Gasteiger partial charge in [-0.3, -0.25) is 9.48 Å². The van der Waals surface area contributed by atoms with Crippen LogP contribution in [0.3, 0.4) is 0 Å². The van der Waals surface area contributed by atoms with Gasteiger partial charge in [0.05, 0.1) is 11.7 Å². The summed E-state index contributed by atoms with van der Waals surface area (Å²) in [6.07, 6.45) is 1.66. The molecule has 0 fully saturated rings. The first kappa shape index (κ1) is 13.2. The minimum atomic E-state index is -1.00. The Kier molecular flexibility index (Phi) is 3.13. The molecule has 1 heterocycles. The molecular weight excluding hydrogens is 276 g/mol. The number of carbonyl (C=O) groups is 1. The topological polar surface area (TPSA) is 46.9 Å². The van der Waals surface area contributed by atoms with Gasteiger partial charge in [-0.15, -0.1) is 0 Å². The fourth-order valence-electron chi connectivity index (χ4n) is 2.08. The number of halogens is 2. The zero-order valence-corrected chi connectivity index (χ0v) is 11.1. The Labute approximate surface area is 119 Å². The Hall–Kier alpha value is -2.76. The molecule has 3 aromatic rings. The first-order valence-corrected chi connectivity index (χ1v) is 6.23. The third-order valence-electron chi connectivity index (χ3n) is 3.19. The molecular formula is C15H11F2N3O. The van der Waals surface area contributed by atoms with E-state index in [1.54, 1.807) is 29.1 Å². The van der Waals surface area contributed by atoms with Crippen LogP contribution in [0.5, 0.6) is 0 Å². The smallest absolute Gasteiger partial charge is 0.255 e. The lowest BCUT2D eigenvalue weighted by atomic mass is 10.1. The van der Waals surface area contributed by atoms with Gasteiger partial charge in [-0.25, -0.2) is 8.78 Å². The fraction of sp³-hybridized carbons (Fsp3) is 0.0667. The number of benzene rings is 2. The van der Waals surface area contributed by atoms with E-state index >= 15 is 0 Å². The highest BCUT2D eigenvalue weighted by Crippen LogP contribution is 2.17.